The van der Waals surface area contributed by atoms with Gasteiger partial charge in [-0.25, -0.2) is 0 Å². The van der Waals surface area contributed by atoms with Gasteiger partial charge in [0.05, 0.1) is 11.4 Å². The summed E-state index contributed by atoms with van der Waals surface area (Å²) in [5.74, 6) is -0.600. The van der Waals surface area contributed by atoms with Gasteiger partial charge in [0, 0.05) is 62.0 Å². The second-order valence-corrected chi connectivity index (χ2v) is 12.9. The molecule has 2 saturated heterocycles. The van der Waals surface area contributed by atoms with Gasteiger partial charge in [0.1, 0.15) is 5.58 Å². The number of nitrogens with zero attached hydrogens (tertiary/aromatic N) is 2. The van der Waals surface area contributed by atoms with E-state index in [1.165, 1.54) is 24.6 Å². The molecule has 0 radical (unpaired) electrons. The molecule has 2 N–H and O–H groups in total. The fourth-order valence-electron chi connectivity index (χ4n) is 6.49. The van der Waals surface area contributed by atoms with Gasteiger partial charge in [0.2, 0.25) is 11.8 Å². The molecule has 3 heterocycles. The zero-order valence-corrected chi connectivity index (χ0v) is 27.7. The summed E-state index contributed by atoms with van der Waals surface area (Å²) in [4.78, 5) is 54.8. The highest BCUT2D eigenvalue weighted by Crippen LogP contribution is 2.29. The molecule has 1 aromatic heterocycles. The molecule has 3 amide bonds. The molecule has 3 aromatic carbocycles. The van der Waals surface area contributed by atoms with E-state index in [2.05, 4.69) is 33.7 Å². The first-order chi connectivity index (χ1) is 23.2. The highest BCUT2D eigenvalue weighted by molar-refractivity contribution is 6.30. The molecule has 248 valence electrons. The summed E-state index contributed by atoms with van der Waals surface area (Å²) < 4.78 is 5.86. The summed E-state index contributed by atoms with van der Waals surface area (Å²) in [7, 11) is 0. The van der Waals surface area contributed by atoms with E-state index in [1.807, 2.05) is 41.3 Å². The smallest absolute Gasteiger partial charge is 0.287 e. The van der Waals surface area contributed by atoms with E-state index in [1.54, 1.807) is 12.1 Å². The number of amides is 3. The van der Waals surface area contributed by atoms with Crippen molar-refractivity contribution in [2.75, 3.05) is 29.9 Å². The molecule has 6 rings (SSSR count). The third-order valence-electron chi connectivity index (χ3n) is 8.91. The molecular formula is C38H39ClN4O5. The fraction of sp³-hybridized carbons (Fsp3) is 0.316. The lowest BCUT2D eigenvalue weighted by molar-refractivity contribution is -0.133. The molecule has 0 bridgehead atoms. The molecule has 0 unspecified atom stereocenters. The molecule has 0 saturated carbocycles. The molecule has 1 atom stereocenters. The SMILES string of the molecule is CC(=O)Nc1ccc2oc(C(=O)N[C@H](C=C3CCN(c4ccccc4CN4CCCCC4=O)CC3)Cc3ccc(Cl)cc3)cc(=O)c2c1. The van der Waals surface area contributed by atoms with Gasteiger partial charge in [0.15, 0.2) is 11.2 Å². The number of rotatable bonds is 9. The second-order valence-electron chi connectivity index (χ2n) is 12.5. The summed E-state index contributed by atoms with van der Waals surface area (Å²) in [5, 5.41) is 6.65. The minimum atomic E-state index is -0.491. The molecular weight excluding hydrogens is 628 g/mol. The number of likely N-dealkylation sites (tertiary alicyclic amines) is 1. The van der Waals surface area contributed by atoms with Crippen molar-refractivity contribution in [2.45, 2.75) is 58.0 Å². The monoisotopic (exact) mass is 666 g/mol. The topological polar surface area (TPSA) is 112 Å². The van der Waals surface area contributed by atoms with Crippen LogP contribution in [0.1, 0.15) is 60.7 Å². The first-order valence-electron chi connectivity index (χ1n) is 16.4. The zero-order chi connectivity index (χ0) is 33.6. The third kappa shape index (κ3) is 8.15. The Morgan fingerprint density at radius 1 is 0.938 bits per heavy atom. The van der Waals surface area contributed by atoms with Gasteiger partial charge in [-0.1, -0.05) is 53.6 Å². The van der Waals surface area contributed by atoms with E-state index < -0.39 is 5.91 Å². The van der Waals surface area contributed by atoms with Gasteiger partial charge in [-0.15, -0.1) is 0 Å². The number of hydrogen-bond acceptors (Lipinski definition) is 6. The van der Waals surface area contributed by atoms with Crippen LogP contribution in [0.15, 0.2) is 93.7 Å². The highest BCUT2D eigenvalue weighted by atomic mass is 35.5. The van der Waals surface area contributed by atoms with Crippen LogP contribution in [-0.4, -0.2) is 48.3 Å². The predicted octanol–water partition coefficient (Wildman–Crippen LogP) is 6.49. The number of hydrogen-bond donors (Lipinski definition) is 2. The lowest BCUT2D eigenvalue weighted by atomic mass is 9.97. The molecule has 9 nitrogen and oxygen atoms in total. The van der Waals surface area contributed by atoms with Gasteiger partial charge >= 0.3 is 0 Å². The minimum absolute atomic E-state index is 0.0853. The van der Waals surface area contributed by atoms with Crippen molar-refractivity contribution >= 4 is 51.7 Å². The van der Waals surface area contributed by atoms with Crippen molar-refractivity contribution in [3.8, 4) is 0 Å². The van der Waals surface area contributed by atoms with E-state index in [0.717, 1.165) is 62.1 Å². The van der Waals surface area contributed by atoms with E-state index >= 15 is 0 Å². The molecule has 4 aromatic rings. The second kappa shape index (κ2) is 14.9. The summed E-state index contributed by atoms with van der Waals surface area (Å²) >= 11 is 6.13. The quantitative estimate of drug-likeness (QED) is 0.198. The average molecular weight is 667 g/mol. The maximum atomic E-state index is 13.5. The van der Waals surface area contributed by atoms with Crippen LogP contribution in [-0.2, 0) is 22.6 Å². The normalized spacial score (nSPS) is 15.7. The highest BCUT2D eigenvalue weighted by Gasteiger charge is 2.23. The lowest BCUT2D eigenvalue weighted by Gasteiger charge is -2.34. The van der Waals surface area contributed by atoms with Crippen molar-refractivity contribution in [3.63, 3.8) is 0 Å². The number of nitrogens with one attached hydrogen (secondary N) is 2. The Hall–Kier alpha value is -4.89. The summed E-state index contributed by atoms with van der Waals surface area (Å²) in [6, 6.07) is 21.4. The first kappa shape index (κ1) is 33.0. The van der Waals surface area contributed by atoms with Crippen molar-refractivity contribution in [1.29, 1.82) is 0 Å². The van der Waals surface area contributed by atoms with Gasteiger partial charge < -0.3 is 24.9 Å². The van der Waals surface area contributed by atoms with Crippen molar-refractivity contribution in [1.82, 2.24) is 10.2 Å². The number of piperidine rings is 2. The number of carbonyl (C=O) groups is 3. The molecule has 48 heavy (non-hydrogen) atoms. The van der Waals surface area contributed by atoms with Crippen LogP contribution in [0.4, 0.5) is 11.4 Å². The van der Waals surface area contributed by atoms with E-state index in [4.69, 9.17) is 16.0 Å². The van der Waals surface area contributed by atoms with Crippen LogP contribution in [0.2, 0.25) is 5.02 Å². The number of para-hydroxylation sites is 1. The Kier molecular flexibility index (Phi) is 10.3. The van der Waals surface area contributed by atoms with Crippen LogP contribution in [0.25, 0.3) is 11.0 Å². The van der Waals surface area contributed by atoms with Crippen molar-refractivity contribution < 1.29 is 18.8 Å². The van der Waals surface area contributed by atoms with Crippen LogP contribution >= 0.6 is 11.6 Å². The van der Waals surface area contributed by atoms with E-state index in [-0.39, 0.29) is 40.0 Å². The Labute approximate surface area is 284 Å². The average Bonchev–Trinajstić information content (AvgIpc) is 3.07. The maximum Gasteiger partial charge on any atom is 0.287 e. The minimum Gasteiger partial charge on any atom is -0.451 e. The Morgan fingerprint density at radius 3 is 2.46 bits per heavy atom. The number of benzene rings is 3. The standard InChI is InChI=1S/C38H39ClN4O5/c1-25(44)40-30-13-14-35-32(22-30)34(45)23-36(48-35)38(47)41-31(20-26-9-11-29(39)12-10-26)21-27-15-18-42(19-16-27)33-7-3-2-6-28(33)24-43-17-5-4-8-37(43)46/h2-3,6-7,9-14,21-23,31H,4-5,8,15-20,24H2,1H3,(H,40,44)(H,41,47)/t31-/m0/s1. The van der Waals surface area contributed by atoms with Gasteiger partial charge in [-0.3, -0.25) is 19.2 Å². The van der Waals surface area contributed by atoms with Crippen LogP contribution in [0, 0.1) is 0 Å². The number of halogens is 1. The number of fused-ring (bicyclic) bond motifs is 1. The largest absolute Gasteiger partial charge is 0.451 e. The molecule has 10 heteroatoms. The van der Waals surface area contributed by atoms with Crippen LogP contribution in [0.3, 0.4) is 0 Å². The van der Waals surface area contributed by atoms with Gasteiger partial charge in [0.25, 0.3) is 5.91 Å². The number of carbonyl (C=O) groups excluding carboxylic acids is 3. The third-order valence-corrected chi connectivity index (χ3v) is 9.17. The predicted molar refractivity (Wildman–Crippen MR) is 188 cm³/mol. The van der Waals surface area contributed by atoms with Crippen molar-refractivity contribution in [2.24, 2.45) is 0 Å². The van der Waals surface area contributed by atoms with Crippen molar-refractivity contribution in [3.05, 3.63) is 117 Å². The maximum absolute atomic E-state index is 13.5. The molecule has 0 aliphatic carbocycles. The summed E-state index contributed by atoms with van der Waals surface area (Å²) in [5.41, 5.74) is 4.92. The fourth-order valence-corrected chi connectivity index (χ4v) is 6.61. The molecule has 0 spiro atoms. The van der Waals surface area contributed by atoms with Crippen LogP contribution in [0.5, 0.6) is 0 Å². The first-order valence-corrected chi connectivity index (χ1v) is 16.8. The summed E-state index contributed by atoms with van der Waals surface area (Å²) in [6.45, 7) is 4.46. The molecule has 2 fully saturated rings. The number of anilines is 2. The Balaban J connectivity index is 1.18. The summed E-state index contributed by atoms with van der Waals surface area (Å²) in [6.07, 6.45) is 6.95. The van der Waals surface area contributed by atoms with Gasteiger partial charge in [-0.2, -0.15) is 0 Å². The Bertz CT molecular complexity index is 1910. The van der Waals surface area contributed by atoms with Gasteiger partial charge in [-0.05, 0) is 79.6 Å². The lowest BCUT2D eigenvalue weighted by Crippen LogP contribution is -2.37. The molecule has 2 aliphatic heterocycles. The Morgan fingerprint density at radius 2 is 1.71 bits per heavy atom. The van der Waals surface area contributed by atoms with E-state index in [0.29, 0.717) is 30.1 Å². The van der Waals surface area contributed by atoms with Crippen LogP contribution < -0.4 is 21.0 Å². The van der Waals surface area contributed by atoms with E-state index in [9.17, 15) is 19.2 Å². The molecule has 2 aliphatic rings. The zero-order valence-electron chi connectivity index (χ0n) is 27.0.